The summed E-state index contributed by atoms with van der Waals surface area (Å²) in [5.41, 5.74) is 1.37. The maximum Gasteiger partial charge on any atom is 0.352 e. The third-order valence-corrected chi connectivity index (χ3v) is 3.76. The molecule has 21 heavy (non-hydrogen) atoms. The molecule has 0 radical (unpaired) electrons. The van der Waals surface area contributed by atoms with Crippen LogP contribution < -0.4 is 9.47 Å². The number of methoxy groups -OCH3 is 2. The Bertz CT molecular complexity index is 651. The van der Waals surface area contributed by atoms with E-state index in [2.05, 4.69) is 22.6 Å². The van der Waals surface area contributed by atoms with E-state index in [0.717, 1.165) is 9.13 Å². The van der Waals surface area contributed by atoms with Crippen LogP contribution in [-0.4, -0.2) is 29.9 Å². The predicted octanol–water partition coefficient (Wildman–Crippen LogP) is 3.05. The number of halogens is 1. The second-order valence-corrected chi connectivity index (χ2v) is 5.73. The average molecular weight is 401 g/mol. The van der Waals surface area contributed by atoms with E-state index < -0.39 is 5.97 Å². The molecular weight excluding hydrogens is 385 g/mol. The molecule has 1 aromatic carbocycles. The first-order valence-electron chi connectivity index (χ1n) is 6.35. The van der Waals surface area contributed by atoms with Crippen LogP contribution in [0.1, 0.15) is 16.1 Å². The fraction of sp³-hybridized carbons (Fsp3) is 0.267. The van der Waals surface area contributed by atoms with Crippen LogP contribution in [-0.2, 0) is 13.0 Å². The van der Waals surface area contributed by atoms with E-state index in [0.29, 0.717) is 30.2 Å². The van der Waals surface area contributed by atoms with Crippen molar-refractivity contribution in [2.45, 2.75) is 13.0 Å². The molecule has 0 spiro atoms. The number of carboxylic acids is 1. The fourth-order valence-corrected chi connectivity index (χ4v) is 2.76. The third-order valence-electron chi connectivity index (χ3n) is 3.17. The number of carboxylic acid groups (broad SMARTS) is 1. The molecule has 2 aromatic rings. The van der Waals surface area contributed by atoms with Crippen LogP contribution in [0.15, 0.2) is 30.5 Å². The topological polar surface area (TPSA) is 60.7 Å². The fourth-order valence-electron chi connectivity index (χ4n) is 2.12. The lowest BCUT2D eigenvalue weighted by Crippen LogP contribution is -2.09. The Morgan fingerprint density at radius 3 is 2.57 bits per heavy atom. The third kappa shape index (κ3) is 3.69. The Balaban J connectivity index is 2.15. The Hall–Kier alpha value is -1.70. The number of carbonyl (C=O) groups is 1. The zero-order valence-electron chi connectivity index (χ0n) is 11.8. The number of hydrogen-bond acceptors (Lipinski definition) is 3. The standard InChI is InChI=1S/C15H16INO4/c1-20-13-4-3-10(7-14(13)21-2)5-6-17-9-11(16)8-12(17)15(18)19/h3-4,7-9H,5-6H2,1-2H3,(H,18,19). The van der Waals surface area contributed by atoms with Crippen molar-refractivity contribution in [2.75, 3.05) is 14.2 Å². The minimum atomic E-state index is -0.912. The molecule has 1 N–H and O–H groups in total. The molecule has 112 valence electrons. The second-order valence-electron chi connectivity index (χ2n) is 4.48. The summed E-state index contributed by atoms with van der Waals surface area (Å²) in [6, 6.07) is 7.38. The largest absolute Gasteiger partial charge is 0.493 e. The summed E-state index contributed by atoms with van der Waals surface area (Å²) in [5.74, 6) is 0.448. The van der Waals surface area contributed by atoms with Crippen molar-refractivity contribution < 1.29 is 19.4 Å². The van der Waals surface area contributed by atoms with Gasteiger partial charge >= 0.3 is 5.97 Å². The Morgan fingerprint density at radius 1 is 1.24 bits per heavy atom. The van der Waals surface area contributed by atoms with E-state index in [1.54, 1.807) is 24.9 Å². The highest BCUT2D eigenvalue weighted by Crippen LogP contribution is 2.27. The molecule has 6 heteroatoms. The molecule has 0 unspecified atom stereocenters. The van der Waals surface area contributed by atoms with Crippen molar-refractivity contribution in [3.05, 3.63) is 45.3 Å². The van der Waals surface area contributed by atoms with Gasteiger partial charge in [-0.3, -0.25) is 0 Å². The number of ether oxygens (including phenoxy) is 2. The molecule has 0 atom stereocenters. The van der Waals surface area contributed by atoms with Crippen molar-refractivity contribution in [3.63, 3.8) is 0 Å². The van der Waals surface area contributed by atoms with E-state index in [1.807, 2.05) is 24.4 Å². The Kier molecular flexibility index (Phi) is 5.11. The molecule has 0 aliphatic carbocycles. The van der Waals surface area contributed by atoms with Gasteiger partial charge in [-0.05, 0) is 52.8 Å². The zero-order chi connectivity index (χ0) is 15.4. The molecule has 1 aromatic heterocycles. The van der Waals surface area contributed by atoms with Gasteiger partial charge in [0.1, 0.15) is 5.69 Å². The van der Waals surface area contributed by atoms with E-state index in [1.165, 1.54) is 0 Å². The molecule has 0 saturated heterocycles. The minimum Gasteiger partial charge on any atom is -0.493 e. The summed E-state index contributed by atoms with van der Waals surface area (Å²) >= 11 is 2.11. The molecule has 2 rings (SSSR count). The summed E-state index contributed by atoms with van der Waals surface area (Å²) in [4.78, 5) is 11.2. The number of aryl methyl sites for hydroxylation is 2. The second kappa shape index (κ2) is 6.84. The van der Waals surface area contributed by atoms with E-state index in [9.17, 15) is 4.79 Å². The molecule has 0 fully saturated rings. The van der Waals surface area contributed by atoms with Gasteiger partial charge in [-0.15, -0.1) is 0 Å². The van der Waals surface area contributed by atoms with Crippen LogP contribution in [0.4, 0.5) is 0 Å². The number of aromatic carboxylic acids is 1. The van der Waals surface area contributed by atoms with Gasteiger partial charge in [-0.2, -0.15) is 0 Å². The molecule has 5 nitrogen and oxygen atoms in total. The van der Waals surface area contributed by atoms with Crippen LogP contribution in [0.25, 0.3) is 0 Å². The van der Waals surface area contributed by atoms with Gasteiger partial charge in [0.05, 0.1) is 14.2 Å². The quantitative estimate of drug-likeness (QED) is 0.757. The molecule has 0 aliphatic heterocycles. The number of nitrogens with zero attached hydrogens (tertiary/aromatic N) is 1. The van der Waals surface area contributed by atoms with Gasteiger partial charge in [0.25, 0.3) is 0 Å². The lowest BCUT2D eigenvalue weighted by molar-refractivity contribution is 0.0685. The van der Waals surface area contributed by atoms with Crippen molar-refractivity contribution in [1.82, 2.24) is 4.57 Å². The van der Waals surface area contributed by atoms with Gasteiger partial charge in [0.15, 0.2) is 11.5 Å². The first kappa shape index (κ1) is 15.7. The van der Waals surface area contributed by atoms with E-state index >= 15 is 0 Å². The molecule has 0 saturated carbocycles. The Labute approximate surface area is 136 Å². The average Bonchev–Trinajstić information content (AvgIpc) is 2.86. The number of rotatable bonds is 6. The number of benzene rings is 1. The molecule has 0 aliphatic rings. The van der Waals surface area contributed by atoms with Crippen LogP contribution in [0.3, 0.4) is 0 Å². The summed E-state index contributed by atoms with van der Waals surface area (Å²) in [6.45, 7) is 0.597. The highest BCUT2D eigenvalue weighted by atomic mass is 127. The lowest BCUT2D eigenvalue weighted by atomic mass is 10.1. The van der Waals surface area contributed by atoms with Crippen molar-refractivity contribution in [3.8, 4) is 11.5 Å². The monoisotopic (exact) mass is 401 g/mol. The normalized spacial score (nSPS) is 10.4. The van der Waals surface area contributed by atoms with Crippen molar-refractivity contribution >= 4 is 28.6 Å². The highest BCUT2D eigenvalue weighted by molar-refractivity contribution is 14.1. The molecule has 0 amide bonds. The van der Waals surface area contributed by atoms with E-state index in [-0.39, 0.29) is 0 Å². The first-order valence-corrected chi connectivity index (χ1v) is 7.43. The van der Waals surface area contributed by atoms with Gasteiger partial charge in [0.2, 0.25) is 0 Å². The van der Waals surface area contributed by atoms with Gasteiger partial charge in [-0.1, -0.05) is 6.07 Å². The van der Waals surface area contributed by atoms with Crippen LogP contribution in [0.2, 0.25) is 0 Å². The van der Waals surface area contributed by atoms with Crippen molar-refractivity contribution in [1.29, 1.82) is 0 Å². The maximum absolute atomic E-state index is 11.2. The predicted molar refractivity (Wildman–Crippen MR) is 87.4 cm³/mol. The number of aromatic nitrogens is 1. The summed E-state index contributed by atoms with van der Waals surface area (Å²) < 4.78 is 13.1. The van der Waals surface area contributed by atoms with Crippen molar-refractivity contribution in [2.24, 2.45) is 0 Å². The number of hydrogen-bond donors (Lipinski definition) is 1. The van der Waals surface area contributed by atoms with Crippen LogP contribution >= 0.6 is 22.6 Å². The Morgan fingerprint density at radius 2 is 1.95 bits per heavy atom. The zero-order valence-corrected chi connectivity index (χ0v) is 14.0. The summed E-state index contributed by atoms with van der Waals surface area (Å²) in [5, 5.41) is 9.17. The minimum absolute atomic E-state index is 0.305. The smallest absolute Gasteiger partial charge is 0.352 e. The van der Waals surface area contributed by atoms with E-state index in [4.69, 9.17) is 14.6 Å². The van der Waals surface area contributed by atoms with Gasteiger partial charge in [0, 0.05) is 16.3 Å². The highest BCUT2D eigenvalue weighted by Gasteiger charge is 2.12. The first-order chi connectivity index (χ1) is 10.0. The van der Waals surface area contributed by atoms with Crippen LogP contribution in [0, 0.1) is 3.57 Å². The SMILES string of the molecule is COc1ccc(CCn2cc(I)cc2C(=O)O)cc1OC. The maximum atomic E-state index is 11.2. The molecular formula is C15H16INO4. The molecule has 1 heterocycles. The van der Waals surface area contributed by atoms with Crippen LogP contribution in [0.5, 0.6) is 11.5 Å². The molecule has 0 bridgehead atoms. The summed E-state index contributed by atoms with van der Waals surface area (Å²) in [6.07, 6.45) is 2.55. The lowest BCUT2D eigenvalue weighted by Gasteiger charge is -2.10. The summed E-state index contributed by atoms with van der Waals surface area (Å²) in [7, 11) is 3.19. The van der Waals surface area contributed by atoms with Gasteiger partial charge < -0.3 is 19.1 Å². The van der Waals surface area contributed by atoms with Gasteiger partial charge in [-0.25, -0.2) is 4.79 Å².